The predicted octanol–water partition coefficient (Wildman–Crippen LogP) is 3.01. The van der Waals surface area contributed by atoms with Crippen LogP contribution in [0, 0.1) is 5.41 Å². The van der Waals surface area contributed by atoms with Gasteiger partial charge < -0.3 is 11.1 Å². The standard InChI is InChI=1S/C14H28N2O.ClH/c1-4-13(9-7-8-10-13)12(17)16-11-14(15,5-2)6-3;/h4-11,15H2,1-3H3,(H,16,17);1H. The van der Waals surface area contributed by atoms with Crippen LogP contribution in [0.3, 0.4) is 0 Å². The molecule has 3 nitrogen and oxygen atoms in total. The van der Waals surface area contributed by atoms with Crippen LogP contribution in [0.4, 0.5) is 0 Å². The van der Waals surface area contributed by atoms with Gasteiger partial charge >= 0.3 is 0 Å². The van der Waals surface area contributed by atoms with E-state index >= 15 is 0 Å². The van der Waals surface area contributed by atoms with Crippen molar-refractivity contribution < 1.29 is 4.79 Å². The van der Waals surface area contributed by atoms with E-state index in [9.17, 15) is 4.79 Å². The lowest BCUT2D eigenvalue weighted by atomic mass is 9.82. The molecule has 0 aromatic rings. The summed E-state index contributed by atoms with van der Waals surface area (Å²) in [4.78, 5) is 12.3. The van der Waals surface area contributed by atoms with E-state index in [-0.39, 0.29) is 29.3 Å². The molecule has 3 N–H and O–H groups in total. The van der Waals surface area contributed by atoms with E-state index in [0.29, 0.717) is 6.54 Å². The van der Waals surface area contributed by atoms with Gasteiger partial charge in [-0.15, -0.1) is 12.4 Å². The Morgan fingerprint density at radius 3 is 2.11 bits per heavy atom. The molecule has 1 aliphatic carbocycles. The van der Waals surface area contributed by atoms with Gasteiger partial charge in [0.25, 0.3) is 0 Å². The first-order valence-corrected chi connectivity index (χ1v) is 7.09. The van der Waals surface area contributed by atoms with Gasteiger partial charge in [0.1, 0.15) is 0 Å². The number of hydrogen-bond donors (Lipinski definition) is 2. The third-order valence-electron chi connectivity index (χ3n) is 4.73. The van der Waals surface area contributed by atoms with Gasteiger partial charge in [-0.25, -0.2) is 0 Å². The van der Waals surface area contributed by atoms with E-state index in [4.69, 9.17) is 5.73 Å². The van der Waals surface area contributed by atoms with Gasteiger partial charge in [0.15, 0.2) is 0 Å². The molecule has 1 aliphatic rings. The van der Waals surface area contributed by atoms with Crippen molar-refractivity contribution in [3.63, 3.8) is 0 Å². The van der Waals surface area contributed by atoms with Crippen molar-refractivity contribution in [2.75, 3.05) is 6.54 Å². The van der Waals surface area contributed by atoms with Gasteiger partial charge in [-0.1, -0.05) is 33.6 Å². The average Bonchev–Trinajstić information content (AvgIpc) is 2.85. The van der Waals surface area contributed by atoms with E-state index in [0.717, 1.165) is 32.1 Å². The van der Waals surface area contributed by atoms with Crippen LogP contribution < -0.4 is 11.1 Å². The van der Waals surface area contributed by atoms with Crippen molar-refractivity contribution in [3.05, 3.63) is 0 Å². The van der Waals surface area contributed by atoms with Crippen molar-refractivity contribution in [2.24, 2.45) is 11.1 Å². The fraction of sp³-hybridized carbons (Fsp3) is 0.929. The number of carbonyl (C=O) groups is 1. The molecule has 108 valence electrons. The highest BCUT2D eigenvalue weighted by Gasteiger charge is 2.39. The Morgan fingerprint density at radius 1 is 1.22 bits per heavy atom. The van der Waals surface area contributed by atoms with Crippen molar-refractivity contribution in [2.45, 2.75) is 71.3 Å². The minimum absolute atomic E-state index is 0. The number of hydrogen-bond acceptors (Lipinski definition) is 2. The Balaban J connectivity index is 0.00000289. The van der Waals surface area contributed by atoms with Crippen molar-refractivity contribution in [1.29, 1.82) is 0 Å². The third kappa shape index (κ3) is 3.86. The molecular weight excluding hydrogens is 248 g/mol. The quantitative estimate of drug-likeness (QED) is 0.784. The molecule has 0 aliphatic heterocycles. The van der Waals surface area contributed by atoms with Crippen molar-refractivity contribution >= 4 is 18.3 Å². The molecule has 0 bridgehead atoms. The summed E-state index contributed by atoms with van der Waals surface area (Å²) in [6.07, 6.45) is 7.24. The number of rotatable bonds is 6. The number of carbonyl (C=O) groups excluding carboxylic acids is 1. The normalized spacial score (nSPS) is 18.2. The molecule has 18 heavy (non-hydrogen) atoms. The summed E-state index contributed by atoms with van der Waals surface area (Å²) in [6.45, 7) is 6.91. The van der Waals surface area contributed by atoms with Crippen molar-refractivity contribution in [3.8, 4) is 0 Å². The van der Waals surface area contributed by atoms with E-state index in [2.05, 4.69) is 26.1 Å². The third-order valence-corrected chi connectivity index (χ3v) is 4.73. The topological polar surface area (TPSA) is 55.1 Å². The first-order chi connectivity index (χ1) is 8.02. The molecular formula is C14H29ClN2O. The van der Waals surface area contributed by atoms with Gasteiger partial charge in [0.2, 0.25) is 5.91 Å². The summed E-state index contributed by atoms with van der Waals surface area (Å²) >= 11 is 0. The molecule has 1 amide bonds. The summed E-state index contributed by atoms with van der Waals surface area (Å²) in [6, 6.07) is 0. The van der Waals surface area contributed by atoms with E-state index in [1.165, 1.54) is 12.8 Å². The van der Waals surface area contributed by atoms with Crippen molar-refractivity contribution in [1.82, 2.24) is 5.32 Å². The second-order valence-corrected chi connectivity index (χ2v) is 5.59. The number of nitrogens with two attached hydrogens (primary N) is 1. The summed E-state index contributed by atoms with van der Waals surface area (Å²) < 4.78 is 0. The number of amides is 1. The molecule has 0 aromatic carbocycles. The lowest BCUT2D eigenvalue weighted by molar-refractivity contribution is -0.131. The molecule has 1 fully saturated rings. The van der Waals surface area contributed by atoms with Crippen LogP contribution in [-0.2, 0) is 4.79 Å². The average molecular weight is 277 g/mol. The maximum absolute atomic E-state index is 12.3. The molecule has 0 radical (unpaired) electrons. The van der Waals surface area contributed by atoms with Gasteiger partial charge in [-0.05, 0) is 32.1 Å². The van der Waals surface area contributed by atoms with E-state index in [1.54, 1.807) is 0 Å². The molecule has 0 aromatic heterocycles. The number of halogens is 1. The molecule has 1 rings (SSSR count). The predicted molar refractivity (Wildman–Crippen MR) is 79.0 cm³/mol. The van der Waals surface area contributed by atoms with Gasteiger partial charge in [-0.2, -0.15) is 0 Å². The molecule has 0 saturated heterocycles. The summed E-state index contributed by atoms with van der Waals surface area (Å²) in [7, 11) is 0. The lowest BCUT2D eigenvalue weighted by Gasteiger charge is -2.31. The lowest BCUT2D eigenvalue weighted by Crippen LogP contribution is -2.52. The highest BCUT2D eigenvalue weighted by atomic mass is 35.5. The SMILES string of the molecule is CCC(N)(CC)CNC(=O)C1(CC)CCCC1.Cl. The summed E-state index contributed by atoms with van der Waals surface area (Å²) in [5, 5.41) is 3.09. The Labute approximate surface area is 118 Å². The van der Waals surface area contributed by atoms with Crippen LogP contribution in [0.5, 0.6) is 0 Å². The Hall–Kier alpha value is -0.280. The zero-order valence-corrected chi connectivity index (χ0v) is 12.9. The van der Waals surface area contributed by atoms with Gasteiger partial charge in [0.05, 0.1) is 0 Å². The van der Waals surface area contributed by atoms with Gasteiger partial charge in [0, 0.05) is 17.5 Å². The molecule has 0 heterocycles. The highest BCUT2D eigenvalue weighted by molar-refractivity contribution is 5.85. The Bertz CT molecular complexity index is 259. The second kappa shape index (κ2) is 7.34. The van der Waals surface area contributed by atoms with Crippen LogP contribution in [0.15, 0.2) is 0 Å². The molecule has 1 saturated carbocycles. The minimum atomic E-state index is -0.233. The monoisotopic (exact) mass is 276 g/mol. The van der Waals surface area contributed by atoms with Crippen LogP contribution in [0.1, 0.15) is 65.7 Å². The Kier molecular flexibility index (Phi) is 7.23. The zero-order chi connectivity index (χ0) is 12.9. The minimum Gasteiger partial charge on any atom is -0.354 e. The zero-order valence-electron chi connectivity index (χ0n) is 12.1. The summed E-state index contributed by atoms with van der Waals surface area (Å²) in [5.74, 6) is 0.231. The van der Waals surface area contributed by atoms with Crippen LogP contribution in [0.2, 0.25) is 0 Å². The molecule has 4 heteroatoms. The van der Waals surface area contributed by atoms with Crippen LogP contribution in [-0.4, -0.2) is 18.0 Å². The molecule has 0 unspecified atom stereocenters. The highest BCUT2D eigenvalue weighted by Crippen LogP contribution is 2.41. The van der Waals surface area contributed by atoms with E-state index < -0.39 is 0 Å². The Morgan fingerprint density at radius 2 is 1.72 bits per heavy atom. The van der Waals surface area contributed by atoms with Gasteiger partial charge in [-0.3, -0.25) is 4.79 Å². The molecule has 0 atom stereocenters. The maximum atomic E-state index is 12.3. The van der Waals surface area contributed by atoms with Crippen LogP contribution in [0.25, 0.3) is 0 Å². The van der Waals surface area contributed by atoms with E-state index in [1.807, 2.05) is 0 Å². The first-order valence-electron chi connectivity index (χ1n) is 7.09. The second-order valence-electron chi connectivity index (χ2n) is 5.59. The fourth-order valence-corrected chi connectivity index (χ4v) is 2.74. The summed E-state index contributed by atoms with van der Waals surface area (Å²) in [5.41, 5.74) is 5.89. The maximum Gasteiger partial charge on any atom is 0.226 e. The first kappa shape index (κ1) is 17.7. The number of nitrogens with one attached hydrogen (secondary N) is 1. The fourth-order valence-electron chi connectivity index (χ4n) is 2.74. The molecule has 0 spiro atoms. The van der Waals surface area contributed by atoms with Crippen LogP contribution >= 0.6 is 12.4 Å². The largest absolute Gasteiger partial charge is 0.354 e. The smallest absolute Gasteiger partial charge is 0.226 e.